The molecule has 0 spiro atoms. The van der Waals surface area contributed by atoms with Gasteiger partial charge in [-0.2, -0.15) is 5.26 Å². The van der Waals surface area contributed by atoms with Gasteiger partial charge in [0.05, 0.1) is 12.7 Å². The molecule has 3 nitrogen and oxygen atoms in total. The van der Waals surface area contributed by atoms with E-state index >= 15 is 0 Å². The number of alkyl halides is 1. The topological polar surface area (TPSA) is 42.2 Å². The van der Waals surface area contributed by atoms with Gasteiger partial charge in [-0.05, 0) is 35.4 Å². The van der Waals surface area contributed by atoms with Gasteiger partial charge in [-0.25, -0.2) is 4.39 Å². The number of hydrogen-bond acceptors (Lipinski definition) is 3. The molecule has 0 N–H and O–H groups in total. The van der Waals surface area contributed by atoms with E-state index in [9.17, 15) is 4.39 Å². The molecule has 0 heterocycles. The largest absolute Gasteiger partial charge is 0.493 e. The number of rotatable bonds is 5. The summed E-state index contributed by atoms with van der Waals surface area (Å²) in [7, 11) is 1.58. The van der Waals surface area contributed by atoms with Crippen molar-refractivity contribution < 1.29 is 13.9 Å². The molecule has 0 aliphatic heterocycles. The third-order valence-electron chi connectivity index (χ3n) is 2.93. The van der Waals surface area contributed by atoms with Crippen molar-refractivity contribution in [2.24, 2.45) is 0 Å². The summed E-state index contributed by atoms with van der Waals surface area (Å²) in [5.74, 6) is 0.708. The van der Waals surface area contributed by atoms with Crippen molar-refractivity contribution in [3.63, 3.8) is 0 Å². The van der Waals surface area contributed by atoms with E-state index in [1.165, 1.54) is 12.1 Å². The Morgan fingerprint density at radius 2 is 1.90 bits per heavy atom. The monoisotopic (exact) mass is 349 g/mol. The van der Waals surface area contributed by atoms with Crippen molar-refractivity contribution in [2.45, 2.75) is 11.9 Å². The summed E-state index contributed by atoms with van der Waals surface area (Å²) < 4.78 is 24.2. The van der Waals surface area contributed by atoms with Gasteiger partial charge >= 0.3 is 0 Å². The van der Waals surface area contributed by atoms with Gasteiger partial charge in [0.1, 0.15) is 18.5 Å². The molecule has 0 atom stereocenters. The summed E-state index contributed by atoms with van der Waals surface area (Å²) in [6, 6.07) is 11.8. The average molecular weight is 350 g/mol. The maximum absolute atomic E-state index is 13.2. The Morgan fingerprint density at radius 3 is 2.57 bits per heavy atom. The predicted molar refractivity (Wildman–Crippen MR) is 81.1 cm³/mol. The molecular formula is C16H13BrFNO2. The van der Waals surface area contributed by atoms with Gasteiger partial charge in [-0.3, -0.25) is 0 Å². The zero-order valence-corrected chi connectivity index (χ0v) is 13.0. The van der Waals surface area contributed by atoms with Crippen LogP contribution >= 0.6 is 15.9 Å². The number of hydrogen-bond donors (Lipinski definition) is 0. The van der Waals surface area contributed by atoms with E-state index in [0.29, 0.717) is 11.5 Å². The van der Waals surface area contributed by atoms with Crippen LogP contribution in [-0.4, -0.2) is 7.11 Å². The quantitative estimate of drug-likeness (QED) is 0.760. The van der Waals surface area contributed by atoms with Crippen LogP contribution in [0.4, 0.5) is 4.39 Å². The van der Waals surface area contributed by atoms with Crippen molar-refractivity contribution in [2.75, 3.05) is 7.11 Å². The van der Waals surface area contributed by atoms with E-state index in [0.717, 1.165) is 16.5 Å². The van der Waals surface area contributed by atoms with Gasteiger partial charge in [0.25, 0.3) is 0 Å². The molecule has 0 radical (unpaired) electrons. The predicted octanol–water partition coefficient (Wildman–Crippen LogP) is 4.18. The van der Waals surface area contributed by atoms with Gasteiger partial charge < -0.3 is 9.47 Å². The molecule has 2 aromatic carbocycles. The zero-order chi connectivity index (χ0) is 15.2. The number of benzene rings is 2. The highest BCUT2D eigenvalue weighted by atomic mass is 79.9. The van der Waals surface area contributed by atoms with Gasteiger partial charge in [-0.1, -0.05) is 28.1 Å². The van der Waals surface area contributed by atoms with Crippen LogP contribution in [0, 0.1) is 17.1 Å². The van der Waals surface area contributed by atoms with Crippen molar-refractivity contribution >= 4 is 15.9 Å². The Bertz CT molecular complexity index is 682. The molecule has 0 saturated heterocycles. The second kappa shape index (κ2) is 7.09. The summed E-state index contributed by atoms with van der Waals surface area (Å²) in [5, 5.41) is 9.54. The fraction of sp³-hybridized carbons (Fsp3) is 0.188. The van der Waals surface area contributed by atoms with Crippen LogP contribution in [0.3, 0.4) is 0 Å². The Kier molecular flexibility index (Phi) is 5.18. The van der Waals surface area contributed by atoms with Crippen LogP contribution in [0.1, 0.15) is 16.7 Å². The molecule has 0 saturated carbocycles. The van der Waals surface area contributed by atoms with Crippen LogP contribution in [0.5, 0.6) is 11.5 Å². The highest BCUT2D eigenvalue weighted by molar-refractivity contribution is 9.08. The number of halogens is 2. The number of methoxy groups -OCH3 is 1. The fourth-order valence-electron chi connectivity index (χ4n) is 1.82. The lowest BCUT2D eigenvalue weighted by Crippen LogP contribution is -1.99. The van der Waals surface area contributed by atoms with Crippen LogP contribution in [-0.2, 0) is 11.9 Å². The average Bonchev–Trinajstić information content (AvgIpc) is 2.53. The van der Waals surface area contributed by atoms with Gasteiger partial charge in [-0.15, -0.1) is 0 Å². The number of nitrogens with zero attached hydrogens (tertiary/aromatic N) is 1. The number of ether oxygens (including phenoxy) is 2. The van der Waals surface area contributed by atoms with E-state index in [4.69, 9.17) is 14.7 Å². The van der Waals surface area contributed by atoms with Crippen molar-refractivity contribution in [1.29, 1.82) is 5.26 Å². The first-order valence-electron chi connectivity index (χ1n) is 6.22. The molecule has 0 unspecified atom stereocenters. The molecule has 21 heavy (non-hydrogen) atoms. The Balaban J connectivity index is 2.15. The first kappa shape index (κ1) is 15.3. The second-order valence-corrected chi connectivity index (χ2v) is 4.89. The minimum absolute atomic E-state index is 0.0118. The third-order valence-corrected chi connectivity index (χ3v) is 3.58. The SMILES string of the molecule is COc1cc(CBr)ccc1OCc1ccc(F)c(C#N)c1. The van der Waals surface area contributed by atoms with Crippen molar-refractivity contribution in [3.05, 3.63) is 58.9 Å². The first-order valence-corrected chi connectivity index (χ1v) is 7.34. The van der Waals surface area contributed by atoms with Gasteiger partial charge in [0, 0.05) is 5.33 Å². The Hall–Kier alpha value is -2.06. The van der Waals surface area contributed by atoms with Crippen LogP contribution in [0.25, 0.3) is 0 Å². The maximum Gasteiger partial charge on any atom is 0.161 e. The molecule has 2 rings (SSSR count). The minimum atomic E-state index is -0.527. The summed E-state index contributed by atoms with van der Waals surface area (Å²) in [4.78, 5) is 0. The van der Waals surface area contributed by atoms with E-state index in [-0.39, 0.29) is 12.2 Å². The minimum Gasteiger partial charge on any atom is -0.493 e. The summed E-state index contributed by atoms with van der Waals surface area (Å²) in [6.45, 7) is 0.235. The normalized spacial score (nSPS) is 10.0. The zero-order valence-electron chi connectivity index (χ0n) is 11.4. The van der Waals surface area contributed by atoms with Gasteiger partial charge in [0.15, 0.2) is 11.5 Å². The summed E-state index contributed by atoms with van der Waals surface area (Å²) in [6.07, 6.45) is 0. The maximum atomic E-state index is 13.2. The Labute approximate surface area is 131 Å². The molecule has 0 fully saturated rings. The molecule has 5 heteroatoms. The molecular weight excluding hydrogens is 337 g/mol. The molecule has 0 amide bonds. The van der Waals surface area contributed by atoms with E-state index < -0.39 is 5.82 Å². The Morgan fingerprint density at radius 1 is 1.14 bits per heavy atom. The van der Waals surface area contributed by atoms with E-state index in [2.05, 4.69) is 15.9 Å². The van der Waals surface area contributed by atoms with Crippen molar-refractivity contribution in [1.82, 2.24) is 0 Å². The lowest BCUT2D eigenvalue weighted by molar-refractivity contribution is 0.284. The van der Waals surface area contributed by atoms with Crippen LogP contribution in [0.15, 0.2) is 36.4 Å². The van der Waals surface area contributed by atoms with E-state index in [1.54, 1.807) is 13.2 Å². The van der Waals surface area contributed by atoms with Crippen molar-refractivity contribution in [3.8, 4) is 17.6 Å². The highest BCUT2D eigenvalue weighted by Gasteiger charge is 2.07. The van der Waals surface area contributed by atoms with Gasteiger partial charge in [0.2, 0.25) is 0 Å². The summed E-state index contributed by atoms with van der Waals surface area (Å²) in [5.41, 5.74) is 1.81. The lowest BCUT2D eigenvalue weighted by Gasteiger charge is -2.12. The molecule has 0 bridgehead atoms. The third kappa shape index (κ3) is 3.73. The lowest BCUT2D eigenvalue weighted by atomic mass is 10.1. The van der Waals surface area contributed by atoms with E-state index in [1.807, 2.05) is 24.3 Å². The molecule has 0 aliphatic carbocycles. The van der Waals surface area contributed by atoms with Crippen LogP contribution < -0.4 is 9.47 Å². The fourth-order valence-corrected chi connectivity index (χ4v) is 2.17. The molecule has 0 aromatic heterocycles. The molecule has 0 aliphatic rings. The second-order valence-electron chi connectivity index (χ2n) is 4.33. The first-order chi connectivity index (χ1) is 10.2. The molecule has 108 valence electrons. The summed E-state index contributed by atoms with van der Waals surface area (Å²) >= 11 is 3.38. The standard InChI is InChI=1S/C16H13BrFNO2/c1-20-16-7-11(8-17)3-5-15(16)21-10-12-2-4-14(18)13(6-12)9-19/h2-7H,8,10H2,1H3. The highest BCUT2D eigenvalue weighted by Crippen LogP contribution is 2.29. The number of nitriles is 1. The smallest absolute Gasteiger partial charge is 0.161 e. The molecule has 2 aromatic rings. The van der Waals surface area contributed by atoms with Crippen LogP contribution in [0.2, 0.25) is 0 Å².